The first-order chi connectivity index (χ1) is 14.2. The van der Waals surface area contributed by atoms with Crippen LogP contribution in [0.5, 0.6) is 5.88 Å². The lowest BCUT2D eigenvalue weighted by molar-refractivity contribution is -0.00410. The van der Waals surface area contributed by atoms with E-state index in [4.69, 9.17) is 9.47 Å². The van der Waals surface area contributed by atoms with Gasteiger partial charge in [-0.2, -0.15) is 0 Å². The largest absolute Gasteiger partial charge is 0.472 e. The van der Waals surface area contributed by atoms with Crippen LogP contribution in [0.3, 0.4) is 0 Å². The van der Waals surface area contributed by atoms with Crippen LogP contribution in [-0.2, 0) is 14.8 Å². The van der Waals surface area contributed by atoms with E-state index in [1.54, 1.807) is 6.92 Å². The van der Waals surface area contributed by atoms with Crippen LogP contribution >= 0.6 is 0 Å². The van der Waals surface area contributed by atoms with Crippen molar-refractivity contribution in [3.8, 4) is 17.3 Å². The molecule has 2 aromatic rings. The SMILES string of the molecule is C[C@@H](COC1CCC(Oc2ncc(-c3ncc(F)cn3)cc2F)CC1)NS(C)(=O)=O. The van der Waals surface area contributed by atoms with Crippen molar-refractivity contribution in [2.45, 2.75) is 50.9 Å². The highest BCUT2D eigenvalue weighted by Crippen LogP contribution is 2.27. The van der Waals surface area contributed by atoms with E-state index in [0.29, 0.717) is 18.4 Å². The molecule has 3 rings (SSSR count). The number of hydrogen-bond acceptors (Lipinski definition) is 7. The van der Waals surface area contributed by atoms with Crippen molar-refractivity contribution in [1.82, 2.24) is 19.7 Å². The number of halogens is 2. The highest BCUT2D eigenvalue weighted by atomic mass is 32.2. The molecular weight excluding hydrogens is 418 g/mol. The molecule has 0 saturated heterocycles. The van der Waals surface area contributed by atoms with Gasteiger partial charge < -0.3 is 9.47 Å². The fourth-order valence-corrected chi connectivity index (χ4v) is 4.05. The lowest BCUT2D eigenvalue weighted by Crippen LogP contribution is -2.37. The van der Waals surface area contributed by atoms with Gasteiger partial charge in [0.15, 0.2) is 17.5 Å². The Morgan fingerprint density at radius 3 is 2.33 bits per heavy atom. The molecule has 0 amide bonds. The molecule has 11 heteroatoms. The third-order valence-corrected chi connectivity index (χ3v) is 5.41. The van der Waals surface area contributed by atoms with E-state index in [0.717, 1.165) is 31.5 Å². The van der Waals surface area contributed by atoms with Crippen molar-refractivity contribution in [3.05, 3.63) is 36.3 Å². The van der Waals surface area contributed by atoms with E-state index < -0.39 is 21.7 Å². The summed E-state index contributed by atoms with van der Waals surface area (Å²) >= 11 is 0. The summed E-state index contributed by atoms with van der Waals surface area (Å²) in [6.45, 7) is 2.03. The first-order valence-electron chi connectivity index (χ1n) is 9.58. The quantitative estimate of drug-likeness (QED) is 0.670. The number of pyridine rings is 1. The Bertz CT molecular complexity index is 952. The Kier molecular flexibility index (Phi) is 7.27. The number of sulfonamides is 1. The second-order valence-electron chi connectivity index (χ2n) is 7.38. The number of nitrogens with one attached hydrogen (secondary N) is 1. The minimum atomic E-state index is -3.26. The first kappa shape index (κ1) is 22.4. The second-order valence-corrected chi connectivity index (χ2v) is 9.16. The summed E-state index contributed by atoms with van der Waals surface area (Å²) in [4.78, 5) is 11.6. The Morgan fingerprint density at radius 2 is 1.73 bits per heavy atom. The number of nitrogens with zero attached hydrogens (tertiary/aromatic N) is 3. The average Bonchev–Trinajstić information content (AvgIpc) is 2.68. The maximum atomic E-state index is 14.4. The van der Waals surface area contributed by atoms with Crippen LogP contribution in [0.15, 0.2) is 24.7 Å². The van der Waals surface area contributed by atoms with Crippen molar-refractivity contribution in [3.63, 3.8) is 0 Å². The normalized spacial score (nSPS) is 20.7. The summed E-state index contributed by atoms with van der Waals surface area (Å²) in [7, 11) is -3.26. The predicted molar refractivity (Wildman–Crippen MR) is 105 cm³/mol. The van der Waals surface area contributed by atoms with Crippen molar-refractivity contribution in [1.29, 1.82) is 0 Å². The van der Waals surface area contributed by atoms with E-state index >= 15 is 0 Å². The summed E-state index contributed by atoms with van der Waals surface area (Å²) in [6, 6.07) is 0.899. The zero-order valence-corrected chi connectivity index (χ0v) is 17.5. The zero-order valence-electron chi connectivity index (χ0n) is 16.7. The van der Waals surface area contributed by atoms with Crippen molar-refractivity contribution in [2.24, 2.45) is 0 Å². The minimum absolute atomic E-state index is 0.00414. The number of ether oxygens (including phenoxy) is 2. The Balaban J connectivity index is 1.48. The molecule has 30 heavy (non-hydrogen) atoms. The molecule has 0 radical (unpaired) electrons. The number of aromatic nitrogens is 3. The molecule has 1 saturated carbocycles. The molecule has 0 bridgehead atoms. The Hall–Kier alpha value is -2.24. The number of rotatable bonds is 8. The molecule has 1 aliphatic carbocycles. The topological polar surface area (TPSA) is 103 Å². The van der Waals surface area contributed by atoms with Gasteiger partial charge in [-0.05, 0) is 38.7 Å². The lowest BCUT2D eigenvalue weighted by Gasteiger charge is -2.29. The predicted octanol–water partition coefficient (Wildman–Crippen LogP) is 2.46. The van der Waals surface area contributed by atoms with Gasteiger partial charge in [-0.1, -0.05) is 0 Å². The fourth-order valence-electron chi connectivity index (χ4n) is 3.25. The monoisotopic (exact) mass is 442 g/mol. The molecule has 0 aliphatic heterocycles. The van der Waals surface area contributed by atoms with Crippen LogP contribution in [0.25, 0.3) is 11.4 Å². The van der Waals surface area contributed by atoms with Gasteiger partial charge in [-0.25, -0.2) is 36.9 Å². The Labute approximate surface area is 174 Å². The molecular formula is C19H24F2N4O4S. The molecule has 2 aromatic heterocycles. The summed E-state index contributed by atoms with van der Waals surface area (Å²) in [5.41, 5.74) is 0.328. The summed E-state index contributed by atoms with van der Waals surface area (Å²) in [5, 5.41) is 0. The maximum absolute atomic E-state index is 14.4. The van der Waals surface area contributed by atoms with Crippen LogP contribution in [0.2, 0.25) is 0 Å². The van der Waals surface area contributed by atoms with Gasteiger partial charge in [-0.15, -0.1) is 0 Å². The van der Waals surface area contributed by atoms with Crippen molar-refractivity contribution < 1.29 is 26.7 Å². The van der Waals surface area contributed by atoms with Gasteiger partial charge in [0.1, 0.15) is 6.10 Å². The van der Waals surface area contributed by atoms with Crippen LogP contribution in [0.1, 0.15) is 32.6 Å². The molecule has 1 atom stereocenters. The van der Waals surface area contributed by atoms with Gasteiger partial charge >= 0.3 is 0 Å². The maximum Gasteiger partial charge on any atom is 0.250 e. The van der Waals surface area contributed by atoms with Crippen molar-refractivity contribution in [2.75, 3.05) is 12.9 Å². The van der Waals surface area contributed by atoms with E-state index in [9.17, 15) is 17.2 Å². The minimum Gasteiger partial charge on any atom is -0.472 e. The molecule has 0 aromatic carbocycles. The van der Waals surface area contributed by atoms with Gasteiger partial charge in [0.2, 0.25) is 10.0 Å². The van der Waals surface area contributed by atoms with Crippen LogP contribution in [0, 0.1) is 11.6 Å². The molecule has 0 unspecified atom stereocenters. The molecule has 2 heterocycles. The molecule has 164 valence electrons. The standard InChI is InChI=1S/C19H24F2N4O4S/c1-12(25-30(2,26)27)11-28-15-3-5-16(6-4-15)29-19-17(21)7-13(8-24-19)18-22-9-14(20)10-23-18/h7-10,12,15-16,25H,3-6,11H2,1-2H3/t12-,15?,16?/m0/s1. The van der Waals surface area contributed by atoms with Crippen LogP contribution < -0.4 is 9.46 Å². The first-order valence-corrected chi connectivity index (χ1v) is 11.5. The van der Waals surface area contributed by atoms with Gasteiger partial charge in [-0.3, -0.25) is 0 Å². The van der Waals surface area contributed by atoms with Gasteiger partial charge in [0.05, 0.1) is 31.4 Å². The van der Waals surface area contributed by atoms with Gasteiger partial charge in [0, 0.05) is 17.8 Å². The molecule has 1 fully saturated rings. The molecule has 1 N–H and O–H groups in total. The van der Waals surface area contributed by atoms with E-state index in [1.807, 2.05) is 0 Å². The molecule has 0 spiro atoms. The molecule has 1 aliphatic rings. The summed E-state index contributed by atoms with van der Waals surface area (Å²) < 4.78 is 63.7. The van der Waals surface area contributed by atoms with E-state index in [1.165, 1.54) is 12.3 Å². The van der Waals surface area contributed by atoms with E-state index in [2.05, 4.69) is 19.7 Å². The number of hydrogen-bond donors (Lipinski definition) is 1. The summed E-state index contributed by atoms with van der Waals surface area (Å²) in [6.07, 6.45) is 7.10. The fraction of sp³-hybridized carbons (Fsp3) is 0.526. The zero-order chi connectivity index (χ0) is 21.7. The third-order valence-electron chi connectivity index (χ3n) is 4.58. The molecule has 8 nitrogen and oxygen atoms in total. The highest BCUT2D eigenvalue weighted by Gasteiger charge is 2.25. The van der Waals surface area contributed by atoms with Gasteiger partial charge in [0.25, 0.3) is 5.88 Å². The Morgan fingerprint density at radius 1 is 1.10 bits per heavy atom. The van der Waals surface area contributed by atoms with Crippen LogP contribution in [0.4, 0.5) is 8.78 Å². The average molecular weight is 442 g/mol. The highest BCUT2D eigenvalue weighted by molar-refractivity contribution is 7.88. The second kappa shape index (κ2) is 9.71. The third kappa shape index (κ3) is 6.64. The van der Waals surface area contributed by atoms with E-state index in [-0.39, 0.29) is 36.6 Å². The van der Waals surface area contributed by atoms with Crippen molar-refractivity contribution >= 4 is 10.0 Å². The summed E-state index contributed by atoms with van der Waals surface area (Å²) in [5.74, 6) is -1.14. The van der Waals surface area contributed by atoms with Crippen LogP contribution in [-0.4, -0.2) is 54.5 Å². The lowest BCUT2D eigenvalue weighted by atomic mass is 9.95. The smallest absolute Gasteiger partial charge is 0.250 e.